The summed E-state index contributed by atoms with van der Waals surface area (Å²) < 4.78 is 26.6. The summed E-state index contributed by atoms with van der Waals surface area (Å²) in [5.41, 5.74) is 2.05. The predicted octanol–water partition coefficient (Wildman–Crippen LogP) is 3.30. The van der Waals surface area contributed by atoms with Crippen LogP contribution >= 0.6 is 0 Å². The van der Waals surface area contributed by atoms with E-state index in [1.807, 2.05) is 31.2 Å². The molecule has 0 spiro atoms. The third-order valence-corrected chi connectivity index (χ3v) is 4.36. The van der Waals surface area contributed by atoms with Crippen molar-refractivity contribution < 1.29 is 18.4 Å². The maximum absolute atomic E-state index is 13.5. The molecule has 2 aromatic carbocycles. The van der Waals surface area contributed by atoms with Crippen molar-refractivity contribution in [2.75, 3.05) is 16.3 Å². The minimum atomic E-state index is -1.06. The Labute approximate surface area is 144 Å². The van der Waals surface area contributed by atoms with Crippen LogP contribution in [-0.4, -0.2) is 24.4 Å². The summed E-state index contributed by atoms with van der Waals surface area (Å²) in [5.74, 6) is -2.74. The Morgan fingerprint density at radius 2 is 1.88 bits per heavy atom. The maximum Gasteiger partial charge on any atom is 0.247 e. The molecule has 2 aromatic rings. The van der Waals surface area contributed by atoms with Crippen molar-refractivity contribution in [1.82, 2.24) is 0 Å². The Balaban J connectivity index is 1.87. The average molecular weight is 344 g/mol. The van der Waals surface area contributed by atoms with Gasteiger partial charge in [0.1, 0.15) is 6.54 Å². The molecule has 25 heavy (non-hydrogen) atoms. The van der Waals surface area contributed by atoms with E-state index in [4.69, 9.17) is 0 Å². The van der Waals surface area contributed by atoms with E-state index in [0.717, 1.165) is 34.7 Å². The zero-order valence-corrected chi connectivity index (χ0v) is 14.0. The van der Waals surface area contributed by atoms with Crippen molar-refractivity contribution >= 4 is 23.2 Å². The summed E-state index contributed by atoms with van der Waals surface area (Å²) in [6.07, 6.45) is 0.743. The lowest BCUT2D eigenvalue weighted by Gasteiger charge is -2.27. The van der Waals surface area contributed by atoms with E-state index in [1.54, 1.807) is 4.90 Å². The molecule has 0 saturated carbocycles. The molecule has 0 aliphatic carbocycles. The summed E-state index contributed by atoms with van der Waals surface area (Å²) in [4.78, 5) is 27.6. The molecule has 4 nitrogen and oxygen atoms in total. The van der Waals surface area contributed by atoms with Gasteiger partial charge in [0, 0.05) is 30.4 Å². The fourth-order valence-electron chi connectivity index (χ4n) is 3.19. The average Bonchev–Trinajstić information content (AvgIpc) is 2.90. The molecule has 1 atom stereocenters. The summed E-state index contributed by atoms with van der Waals surface area (Å²) in [6.45, 7) is 2.99. The highest BCUT2D eigenvalue weighted by Crippen LogP contribution is 2.32. The minimum absolute atomic E-state index is 0.0244. The first kappa shape index (κ1) is 17.1. The monoisotopic (exact) mass is 344 g/mol. The molecule has 0 radical (unpaired) electrons. The highest BCUT2D eigenvalue weighted by molar-refractivity contribution is 6.04. The van der Waals surface area contributed by atoms with E-state index in [-0.39, 0.29) is 24.2 Å². The third-order valence-electron chi connectivity index (χ3n) is 4.36. The standard InChI is InChI=1S/C19H18F2N2O2/c1-12-9-14-5-3-4-6-18(14)23(12)19(25)11-22(13(2)24)15-7-8-16(20)17(21)10-15/h3-8,10,12H,9,11H2,1-2H3. The quantitative estimate of drug-likeness (QED) is 0.857. The van der Waals surface area contributed by atoms with E-state index >= 15 is 0 Å². The van der Waals surface area contributed by atoms with Gasteiger partial charge in [0.25, 0.3) is 0 Å². The molecular weight excluding hydrogens is 326 g/mol. The molecule has 1 aliphatic rings. The van der Waals surface area contributed by atoms with Gasteiger partial charge in [0.15, 0.2) is 11.6 Å². The molecular formula is C19H18F2N2O2. The Kier molecular flexibility index (Phi) is 4.53. The van der Waals surface area contributed by atoms with Gasteiger partial charge in [-0.1, -0.05) is 18.2 Å². The number of carbonyl (C=O) groups excluding carboxylic acids is 2. The molecule has 130 valence electrons. The lowest BCUT2D eigenvalue weighted by molar-refractivity contribution is -0.121. The third kappa shape index (κ3) is 3.24. The first-order valence-electron chi connectivity index (χ1n) is 8.01. The number of amides is 2. The van der Waals surface area contributed by atoms with Gasteiger partial charge < -0.3 is 9.80 Å². The van der Waals surface area contributed by atoms with Gasteiger partial charge in [0.2, 0.25) is 11.8 Å². The van der Waals surface area contributed by atoms with Crippen LogP contribution in [0.25, 0.3) is 0 Å². The molecule has 6 heteroatoms. The fourth-order valence-corrected chi connectivity index (χ4v) is 3.19. The molecule has 1 heterocycles. The van der Waals surface area contributed by atoms with Crippen LogP contribution in [-0.2, 0) is 16.0 Å². The topological polar surface area (TPSA) is 40.6 Å². The lowest BCUT2D eigenvalue weighted by Crippen LogP contribution is -2.44. The van der Waals surface area contributed by atoms with Crippen LogP contribution in [0, 0.1) is 11.6 Å². The summed E-state index contributed by atoms with van der Waals surface area (Å²) in [7, 11) is 0. The van der Waals surface area contributed by atoms with Crippen molar-refractivity contribution in [1.29, 1.82) is 0 Å². The number of halogens is 2. The number of para-hydroxylation sites is 1. The van der Waals surface area contributed by atoms with Gasteiger partial charge >= 0.3 is 0 Å². The smallest absolute Gasteiger partial charge is 0.247 e. The normalized spacial score (nSPS) is 15.8. The summed E-state index contributed by atoms with van der Waals surface area (Å²) >= 11 is 0. The van der Waals surface area contributed by atoms with Gasteiger partial charge in [0.05, 0.1) is 0 Å². The highest BCUT2D eigenvalue weighted by atomic mass is 19.2. The SMILES string of the molecule is CC(=O)N(CC(=O)N1c2ccccc2CC1C)c1ccc(F)c(F)c1. The van der Waals surface area contributed by atoms with Crippen LogP contribution in [0.3, 0.4) is 0 Å². The molecule has 3 rings (SSSR count). The second-order valence-electron chi connectivity index (χ2n) is 6.15. The number of carbonyl (C=O) groups is 2. The number of fused-ring (bicyclic) bond motifs is 1. The largest absolute Gasteiger partial charge is 0.307 e. The molecule has 1 aliphatic heterocycles. The van der Waals surface area contributed by atoms with Gasteiger partial charge in [-0.25, -0.2) is 8.78 Å². The fraction of sp³-hybridized carbons (Fsp3) is 0.263. The van der Waals surface area contributed by atoms with Gasteiger partial charge in [-0.15, -0.1) is 0 Å². The molecule has 0 bridgehead atoms. The summed E-state index contributed by atoms with van der Waals surface area (Å²) in [6, 6.07) is 10.7. The molecule has 0 fully saturated rings. The van der Waals surface area contributed by atoms with Crippen LogP contribution in [0.15, 0.2) is 42.5 Å². The molecule has 0 N–H and O–H groups in total. The van der Waals surface area contributed by atoms with E-state index in [2.05, 4.69) is 0 Å². The molecule has 0 saturated heterocycles. The summed E-state index contributed by atoms with van der Waals surface area (Å²) in [5, 5.41) is 0. The van der Waals surface area contributed by atoms with Crippen LogP contribution in [0.5, 0.6) is 0 Å². The zero-order chi connectivity index (χ0) is 18.1. The Morgan fingerprint density at radius 3 is 2.56 bits per heavy atom. The molecule has 2 amide bonds. The second kappa shape index (κ2) is 6.63. The minimum Gasteiger partial charge on any atom is -0.307 e. The number of hydrogen-bond donors (Lipinski definition) is 0. The lowest BCUT2D eigenvalue weighted by atomic mass is 10.1. The van der Waals surface area contributed by atoms with Crippen molar-refractivity contribution in [3.63, 3.8) is 0 Å². The van der Waals surface area contributed by atoms with Crippen molar-refractivity contribution in [3.05, 3.63) is 59.7 Å². The van der Waals surface area contributed by atoms with E-state index in [9.17, 15) is 18.4 Å². The number of anilines is 2. The van der Waals surface area contributed by atoms with Crippen LogP contribution in [0.4, 0.5) is 20.2 Å². The van der Waals surface area contributed by atoms with Crippen molar-refractivity contribution in [2.24, 2.45) is 0 Å². The molecule has 1 unspecified atom stereocenters. The Hall–Kier alpha value is -2.76. The number of benzene rings is 2. The first-order chi connectivity index (χ1) is 11.9. The molecule has 0 aromatic heterocycles. The van der Waals surface area contributed by atoms with Crippen LogP contribution < -0.4 is 9.80 Å². The van der Waals surface area contributed by atoms with Crippen LogP contribution in [0.2, 0.25) is 0 Å². The maximum atomic E-state index is 13.5. The number of nitrogens with zero attached hydrogens (tertiary/aromatic N) is 2. The Morgan fingerprint density at radius 1 is 1.16 bits per heavy atom. The van der Waals surface area contributed by atoms with E-state index in [0.29, 0.717) is 0 Å². The van der Waals surface area contributed by atoms with Gasteiger partial charge in [-0.2, -0.15) is 0 Å². The van der Waals surface area contributed by atoms with Crippen LogP contribution in [0.1, 0.15) is 19.4 Å². The number of rotatable bonds is 3. The number of hydrogen-bond acceptors (Lipinski definition) is 2. The highest BCUT2D eigenvalue weighted by Gasteiger charge is 2.32. The second-order valence-corrected chi connectivity index (χ2v) is 6.15. The van der Waals surface area contributed by atoms with Gasteiger partial charge in [-0.05, 0) is 37.1 Å². The van der Waals surface area contributed by atoms with Crippen molar-refractivity contribution in [2.45, 2.75) is 26.3 Å². The Bertz CT molecular complexity index is 838. The zero-order valence-electron chi connectivity index (χ0n) is 14.0. The van der Waals surface area contributed by atoms with E-state index < -0.39 is 17.5 Å². The van der Waals surface area contributed by atoms with E-state index in [1.165, 1.54) is 13.0 Å². The first-order valence-corrected chi connectivity index (χ1v) is 8.01. The van der Waals surface area contributed by atoms with Crippen molar-refractivity contribution in [3.8, 4) is 0 Å². The predicted molar refractivity (Wildman–Crippen MR) is 91.5 cm³/mol. The van der Waals surface area contributed by atoms with Gasteiger partial charge in [-0.3, -0.25) is 9.59 Å².